The molecule has 0 saturated carbocycles. The van der Waals surface area contributed by atoms with E-state index in [1.807, 2.05) is 24.3 Å². The van der Waals surface area contributed by atoms with Crippen LogP contribution in [0.3, 0.4) is 0 Å². The van der Waals surface area contributed by atoms with Crippen molar-refractivity contribution in [1.82, 2.24) is 20.1 Å². The zero-order valence-electron chi connectivity index (χ0n) is 16.7. The number of hydrogen-bond donors (Lipinski definition) is 1. The Morgan fingerprint density at radius 2 is 2.00 bits per heavy atom. The quantitative estimate of drug-likeness (QED) is 0.395. The Morgan fingerprint density at radius 3 is 2.77 bits per heavy atom. The van der Waals surface area contributed by atoms with E-state index in [1.165, 1.54) is 17.8 Å². The molecule has 0 saturated heterocycles. The fraction of sp³-hybridized carbons (Fsp3) is 0.227. The van der Waals surface area contributed by atoms with Crippen LogP contribution in [0.4, 0.5) is 4.39 Å². The second kappa shape index (κ2) is 10.6. The summed E-state index contributed by atoms with van der Waals surface area (Å²) in [5.74, 6) is 0.904. The van der Waals surface area contributed by atoms with Crippen molar-refractivity contribution in [3.63, 3.8) is 0 Å². The highest BCUT2D eigenvalue weighted by Gasteiger charge is 2.17. The zero-order valence-corrected chi connectivity index (χ0v) is 17.5. The van der Waals surface area contributed by atoms with Crippen LogP contribution in [0.15, 0.2) is 66.3 Å². The summed E-state index contributed by atoms with van der Waals surface area (Å²) >= 11 is 1.25. The highest BCUT2D eigenvalue weighted by Crippen LogP contribution is 2.26. The largest absolute Gasteiger partial charge is 0.496 e. The zero-order chi connectivity index (χ0) is 21.3. The first-order valence-corrected chi connectivity index (χ1v) is 10.4. The summed E-state index contributed by atoms with van der Waals surface area (Å²) in [7, 11) is 1.63. The van der Waals surface area contributed by atoms with E-state index in [1.54, 1.807) is 36.0 Å². The maximum atomic E-state index is 14.2. The maximum absolute atomic E-state index is 14.2. The Labute approximate surface area is 179 Å². The Balaban J connectivity index is 1.59. The molecule has 0 radical (unpaired) electrons. The fourth-order valence-electron chi connectivity index (χ4n) is 2.96. The van der Waals surface area contributed by atoms with E-state index in [9.17, 15) is 9.18 Å². The molecule has 1 N–H and O–H groups in total. The summed E-state index contributed by atoms with van der Waals surface area (Å²) in [6.07, 6.45) is 2.36. The number of aromatic nitrogens is 3. The van der Waals surface area contributed by atoms with Crippen molar-refractivity contribution in [2.45, 2.75) is 18.1 Å². The normalized spacial score (nSPS) is 10.6. The first kappa shape index (κ1) is 21.6. The molecule has 30 heavy (non-hydrogen) atoms. The van der Waals surface area contributed by atoms with Gasteiger partial charge in [0, 0.05) is 13.1 Å². The van der Waals surface area contributed by atoms with Gasteiger partial charge in [-0.25, -0.2) is 4.39 Å². The van der Waals surface area contributed by atoms with E-state index < -0.39 is 0 Å². The number of amides is 1. The number of benzene rings is 2. The summed E-state index contributed by atoms with van der Waals surface area (Å²) in [4.78, 5) is 12.3. The van der Waals surface area contributed by atoms with E-state index in [-0.39, 0.29) is 17.5 Å². The second-order valence-corrected chi connectivity index (χ2v) is 7.33. The van der Waals surface area contributed by atoms with Crippen molar-refractivity contribution in [3.8, 4) is 17.1 Å². The van der Waals surface area contributed by atoms with Gasteiger partial charge in [-0.3, -0.25) is 9.36 Å². The van der Waals surface area contributed by atoms with Gasteiger partial charge in [0.05, 0.1) is 18.4 Å². The molecule has 156 valence electrons. The third kappa shape index (κ3) is 5.27. The molecule has 8 heteroatoms. The number of carbonyl (C=O) groups excluding carboxylic acids is 1. The third-order valence-electron chi connectivity index (χ3n) is 4.38. The first-order valence-electron chi connectivity index (χ1n) is 9.44. The minimum atomic E-state index is -0.374. The number of carbonyl (C=O) groups is 1. The highest BCUT2D eigenvalue weighted by atomic mass is 32.2. The molecule has 3 aromatic rings. The van der Waals surface area contributed by atoms with Gasteiger partial charge in [0.1, 0.15) is 11.6 Å². The monoisotopic (exact) mass is 426 g/mol. The first-order chi connectivity index (χ1) is 14.6. The average molecular weight is 427 g/mol. The van der Waals surface area contributed by atoms with E-state index >= 15 is 0 Å². The Bertz CT molecular complexity index is 1020. The molecule has 2 aromatic carbocycles. The summed E-state index contributed by atoms with van der Waals surface area (Å²) in [5.41, 5.74) is 1.40. The van der Waals surface area contributed by atoms with Crippen molar-refractivity contribution < 1.29 is 13.9 Å². The van der Waals surface area contributed by atoms with Gasteiger partial charge in [-0.05, 0) is 30.2 Å². The summed E-state index contributed by atoms with van der Waals surface area (Å²) in [6, 6.07) is 14.1. The molecule has 3 rings (SSSR count). The predicted molar refractivity (Wildman–Crippen MR) is 116 cm³/mol. The predicted octanol–water partition coefficient (Wildman–Crippen LogP) is 3.73. The number of halogens is 1. The van der Waals surface area contributed by atoms with E-state index in [0.29, 0.717) is 36.1 Å². The molecular weight excluding hydrogens is 403 g/mol. The number of thioether (sulfide) groups is 1. The number of allylic oxidation sites excluding steroid dienone is 1. The molecule has 0 spiro atoms. The SMILES string of the molecule is C=CCn1c(SCC(=O)NCCc2ccccc2OC)nnc1-c1ccccc1F. The second-order valence-electron chi connectivity index (χ2n) is 6.39. The number of rotatable bonds is 10. The summed E-state index contributed by atoms with van der Waals surface area (Å²) < 4.78 is 21.2. The van der Waals surface area contributed by atoms with Crippen LogP contribution >= 0.6 is 11.8 Å². The molecule has 0 aliphatic rings. The minimum absolute atomic E-state index is 0.115. The van der Waals surface area contributed by atoms with Gasteiger partial charge < -0.3 is 10.1 Å². The van der Waals surface area contributed by atoms with Gasteiger partial charge in [-0.15, -0.1) is 16.8 Å². The van der Waals surface area contributed by atoms with Crippen molar-refractivity contribution in [2.75, 3.05) is 19.4 Å². The van der Waals surface area contributed by atoms with Gasteiger partial charge in [-0.1, -0.05) is 48.2 Å². The van der Waals surface area contributed by atoms with Crippen molar-refractivity contribution >= 4 is 17.7 Å². The number of hydrogen-bond acceptors (Lipinski definition) is 5. The smallest absolute Gasteiger partial charge is 0.230 e. The molecular formula is C22H23FN4O2S. The van der Waals surface area contributed by atoms with Crippen LogP contribution in [0.25, 0.3) is 11.4 Å². The Morgan fingerprint density at radius 1 is 1.23 bits per heavy atom. The van der Waals surface area contributed by atoms with Gasteiger partial charge >= 0.3 is 0 Å². The Kier molecular flexibility index (Phi) is 7.62. The minimum Gasteiger partial charge on any atom is -0.496 e. The third-order valence-corrected chi connectivity index (χ3v) is 5.35. The van der Waals surface area contributed by atoms with Crippen LogP contribution in [0, 0.1) is 5.82 Å². The molecule has 1 heterocycles. The standard InChI is InChI=1S/C22H23FN4O2S/c1-3-14-27-21(17-9-5-6-10-18(17)23)25-26-22(27)30-15-20(28)24-13-12-16-8-4-7-11-19(16)29-2/h3-11H,1,12-15H2,2H3,(H,24,28). The van der Waals surface area contributed by atoms with Gasteiger partial charge in [0.15, 0.2) is 11.0 Å². The highest BCUT2D eigenvalue weighted by molar-refractivity contribution is 7.99. The molecule has 1 amide bonds. The topological polar surface area (TPSA) is 69.0 Å². The number of methoxy groups -OCH3 is 1. The fourth-order valence-corrected chi connectivity index (χ4v) is 3.74. The summed E-state index contributed by atoms with van der Waals surface area (Å²) in [5, 5.41) is 11.7. The maximum Gasteiger partial charge on any atom is 0.230 e. The molecule has 0 aliphatic carbocycles. The number of nitrogens with zero attached hydrogens (tertiary/aromatic N) is 3. The van der Waals surface area contributed by atoms with Gasteiger partial charge in [0.2, 0.25) is 5.91 Å². The molecule has 0 aliphatic heterocycles. The number of nitrogens with one attached hydrogen (secondary N) is 1. The van der Waals surface area contributed by atoms with Crippen LogP contribution in [0.5, 0.6) is 5.75 Å². The molecule has 0 bridgehead atoms. The lowest BCUT2D eigenvalue weighted by atomic mass is 10.1. The van der Waals surface area contributed by atoms with E-state index in [2.05, 4.69) is 22.1 Å². The van der Waals surface area contributed by atoms with Gasteiger partial charge in [0.25, 0.3) is 0 Å². The van der Waals surface area contributed by atoms with Crippen LogP contribution < -0.4 is 10.1 Å². The Hall–Kier alpha value is -3.13. The van der Waals surface area contributed by atoms with Crippen molar-refractivity contribution in [2.24, 2.45) is 0 Å². The number of ether oxygens (including phenoxy) is 1. The average Bonchev–Trinajstić information content (AvgIpc) is 3.15. The lowest BCUT2D eigenvalue weighted by Crippen LogP contribution is -2.27. The van der Waals surface area contributed by atoms with Crippen molar-refractivity contribution in [1.29, 1.82) is 0 Å². The van der Waals surface area contributed by atoms with Crippen LogP contribution in [0.1, 0.15) is 5.56 Å². The molecule has 0 unspecified atom stereocenters. The molecule has 0 fully saturated rings. The van der Waals surface area contributed by atoms with Crippen molar-refractivity contribution in [3.05, 3.63) is 72.6 Å². The molecule has 0 atom stereocenters. The van der Waals surface area contributed by atoms with E-state index in [4.69, 9.17) is 4.74 Å². The van der Waals surface area contributed by atoms with E-state index in [0.717, 1.165) is 11.3 Å². The van der Waals surface area contributed by atoms with Gasteiger partial charge in [-0.2, -0.15) is 0 Å². The van der Waals surface area contributed by atoms with Crippen LogP contribution in [0.2, 0.25) is 0 Å². The lowest BCUT2D eigenvalue weighted by Gasteiger charge is -2.10. The summed E-state index contributed by atoms with van der Waals surface area (Å²) in [6.45, 7) is 4.65. The lowest BCUT2D eigenvalue weighted by molar-refractivity contribution is -0.118. The molecule has 1 aromatic heterocycles. The number of para-hydroxylation sites is 1. The van der Waals surface area contributed by atoms with Crippen LogP contribution in [-0.4, -0.2) is 40.1 Å². The molecule has 6 nitrogen and oxygen atoms in total. The van der Waals surface area contributed by atoms with Crippen LogP contribution in [-0.2, 0) is 17.8 Å².